The summed E-state index contributed by atoms with van der Waals surface area (Å²) in [5.74, 6) is 0.124. The van der Waals surface area contributed by atoms with E-state index in [2.05, 4.69) is 18.4 Å². The average molecular weight is 434 g/mol. The lowest BCUT2D eigenvalue weighted by Gasteiger charge is -2.31. The lowest BCUT2D eigenvalue weighted by Crippen LogP contribution is -2.37. The zero-order chi connectivity index (χ0) is 21.5. The molecule has 8 heteroatoms. The Morgan fingerprint density at radius 2 is 2.03 bits per heavy atom. The summed E-state index contributed by atoms with van der Waals surface area (Å²) >= 11 is 0. The number of halogens is 1. The second kappa shape index (κ2) is 8.17. The number of nitrogens with one attached hydrogen (secondary N) is 1. The Morgan fingerprint density at radius 3 is 2.70 bits per heavy atom. The Kier molecular flexibility index (Phi) is 5.74. The van der Waals surface area contributed by atoms with Gasteiger partial charge in [0.25, 0.3) is 0 Å². The Hall–Kier alpha value is -2.16. The van der Waals surface area contributed by atoms with Crippen molar-refractivity contribution in [2.24, 2.45) is 11.8 Å². The smallest absolute Gasteiger partial charge is 0.211 e. The molecule has 0 fully saturated rings. The van der Waals surface area contributed by atoms with Gasteiger partial charge in [-0.1, -0.05) is 12.5 Å². The number of anilines is 1. The fourth-order valence-corrected chi connectivity index (χ4v) is 5.59. The van der Waals surface area contributed by atoms with Crippen LogP contribution < -0.4 is 10.4 Å². The maximum atomic E-state index is 13.3. The normalized spacial score (nSPS) is 23.3. The molecule has 1 aromatic carbocycles. The minimum absolute atomic E-state index is 0.189. The van der Waals surface area contributed by atoms with Gasteiger partial charge in [-0.25, -0.2) is 12.8 Å². The molecule has 1 aliphatic heterocycles. The van der Waals surface area contributed by atoms with Gasteiger partial charge in [0.2, 0.25) is 10.0 Å². The SMILES string of the molecule is COCCN(C[C@H]1CCC2=C1[C@@H](C)C1=CNN(c3ccc(F)cc3)C1=C2)S(C)(=O)=O. The predicted molar refractivity (Wildman–Crippen MR) is 115 cm³/mol. The number of hydrogen-bond donors (Lipinski definition) is 1. The van der Waals surface area contributed by atoms with Crippen LogP contribution in [0.3, 0.4) is 0 Å². The monoisotopic (exact) mass is 433 g/mol. The molecule has 2 aliphatic carbocycles. The summed E-state index contributed by atoms with van der Waals surface area (Å²) in [6.07, 6.45) is 7.33. The molecular formula is C22H28FN3O3S. The third kappa shape index (κ3) is 3.91. The van der Waals surface area contributed by atoms with Crippen LogP contribution in [0, 0.1) is 17.7 Å². The van der Waals surface area contributed by atoms with Gasteiger partial charge in [0.1, 0.15) is 5.82 Å². The number of benzene rings is 1. The van der Waals surface area contributed by atoms with Gasteiger partial charge in [0.15, 0.2) is 0 Å². The Bertz CT molecular complexity index is 1010. The van der Waals surface area contributed by atoms with E-state index in [1.54, 1.807) is 19.2 Å². The molecule has 162 valence electrons. The van der Waals surface area contributed by atoms with E-state index < -0.39 is 10.0 Å². The van der Waals surface area contributed by atoms with E-state index in [0.717, 1.165) is 24.2 Å². The number of hydrazine groups is 1. The maximum absolute atomic E-state index is 13.3. The van der Waals surface area contributed by atoms with Crippen LogP contribution in [-0.2, 0) is 14.8 Å². The van der Waals surface area contributed by atoms with Crippen LogP contribution in [-0.4, -0.2) is 45.8 Å². The Morgan fingerprint density at radius 1 is 1.30 bits per heavy atom. The number of allylic oxidation sites excluding steroid dienone is 3. The molecule has 1 heterocycles. The van der Waals surface area contributed by atoms with Crippen molar-refractivity contribution in [3.05, 3.63) is 64.8 Å². The van der Waals surface area contributed by atoms with Crippen LogP contribution in [0.25, 0.3) is 0 Å². The zero-order valence-electron chi connectivity index (χ0n) is 17.6. The van der Waals surface area contributed by atoms with Gasteiger partial charge in [-0.3, -0.25) is 5.01 Å². The van der Waals surface area contributed by atoms with E-state index in [1.165, 1.54) is 39.4 Å². The van der Waals surface area contributed by atoms with Crippen LogP contribution in [0.2, 0.25) is 0 Å². The van der Waals surface area contributed by atoms with Crippen molar-refractivity contribution >= 4 is 15.7 Å². The molecule has 0 unspecified atom stereocenters. The fraction of sp³-hybridized carbons (Fsp3) is 0.455. The van der Waals surface area contributed by atoms with Gasteiger partial charge >= 0.3 is 0 Å². The predicted octanol–water partition coefficient (Wildman–Crippen LogP) is 3.18. The number of sulfonamides is 1. The quantitative estimate of drug-likeness (QED) is 0.716. The van der Waals surface area contributed by atoms with Gasteiger partial charge in [-0.2, -0.15) is 4.31 Å². The van der Waals surface area contributed by atoms with Gasteiger partial charge in [0.05, 0.1) is 24.2 Å². The van der Waals surface area contributed by atoms with E-state index in [-0.39, 0.29) is 17.7 Å². The Balaban J connectivity index is 1.60. The molecule has 0 radical (unpaired) electrons. The molecule has 3 aliphatic rings. The second-order valence-electron chi connectivity index (χ2n) is 8.12. The molecule has 0 saturated heterocycles. The first-order valence-electron chi connectivity index (χ1n) is 10.2. The van der Waals surface area contributed by atoms with Crippen molar-refractivity contribution in [3.8, 4) is 0 Å². The first kappa shape index (κ1) is 21.1. The summed E-state index contributed by atoms with van der Waals surface area (Å²) in [4.78, 5) is 0. The molecule has 0 amide bonds. The molecule has 0 saturated carbocycles. The molecule has 6 nitrogen and oxygen atoms in total. The standard InChI is InChI=1S/C22H28FN3O3S/c1-15-20-13-24-26(19-8-6-18(23)7-9-19)21(20)12-16-4-5-17(22(15)16)14-25(10-11-29-2)30(3,27)28/h6-9,12-13,15,17,24H,4-5,10-11,14H2,1-3H3/t15-,17+/m0/s1. The number of nitrogens with zero attached hydrogens (tertiary/aromatic N) is 2. The second-order valence-corrected chi connectivity index (χ2v) is 10.1. The number of ether oxygens (including phenoxy) is 1. The van der Waals surface area contributed by atoms with E-state index >= 15 is 0 Å². The van der Waals surface area contributed by atoms with Crippen LogP contribution in [0.15, 0.2) is 59.0 Å². The molecule has 4 rings (SSSR count). The molecule has 2 atom stereocenters. The van der Waals surface area contributed by atoms with Crippen LogP contribution in [0.4, 0.5) is 10.1 Å². The van der Waals surface area contributed by atoms with E-state index in [0.29, 0.717) is 19.7 Å². The maximum Gasteiger partial charge on any atom is 0.211 e. The number of fused-ring (bicyclic) bond motifs is 1. The van der Waals surface area contributed by atoms with Gasteiger partial charge in [-0.15, -0.1) is 0 Å². The van der Waals surface area contributed by atoms with E-state index in [4.69, 9.17) is 4.74 Å². The summed E-state index contributed by atoms with van der Waals surface area (Å²) in [5.41, 5.74) is 9.04. The zero-order valence-corrected chi connectivity index (χ0v) is 18.4. The van der Waals surface area contributed by atoms with E-state index in [1.807, 2.05) is 11.2 Å². The van der Waals surface area contributed by atoms with Gasteiger partial charge in [-0.05, 0) is 54.7 Å². The van der Waals surface area contributed by atoms with Crippen LogP contribution in [0.1, 0.15) is 19.8 Å². The molecule has 30 heavy (non-hydrogen) atoms. The van der Waals surface area contributed by atoms with Crippen molar-refractivity contribution in [2.75, 3.05) is 38.1 Å². The number of methoxy groups -OCH3 is 1. The van der Waals surface area contributed by atoms with Crippen molar-refractivity contribution in [1.82, 2.24) is 9.73 Å². The van der Waals surface area contributed by atoms with Gasteiger partial charge < -0.3 is 10.2 Å². The lowest BCUT2D eigenvalue weighted by molar-refractivity contribution is 0.175. The Labute approximate surface area is 177 Å². The average Bonchev–Trinajstić information content (AvgIpc) is 3.30. The van der Waals surface area contributed by atoms with Crippen molar-refractivity contribution < 1.29 is 17.5 Å². The van der Waals surface area contributed by atoms with Crippen molar-refractivity contribution in [3.63, 3.8) is 0 Å². The first-order valence-corrected chi connectivity index (χ1v) is 12.1. The molecule has 1 aromatic rings. The van der Waals surface area contributed by atoms with E-state index in [9.17, 15) is 12.8 Å². The minimum Gasteiger partial charge on any atom is -0.383 e. The molecule has 0 aromatic heterocycles. The minimum atomic E-state index is -3.30. The lowest BCUT2D eigenvalue weighted by atomic mass is 9.80. The molecule has 0 spiro atoms. The fourth-order valence-electron chi connectivity index (χ4n) is 4.74. The highest BCUT2D eigenvalue weighted by atomic mass is 32.2. The molecular weight excluding hydrogens is 405 g/mol. The van der Waals surface area contributed by atoms with Crippen LogP contribution >= 0.6 is 0 Å². The third-order valence-electron chi connectivity index (χ3n) is 6.23. The topological polar surface area (TPSA) is 61.9 Å². The highest BCUT2D eigenvalue weighted by Crippen LogP contribution is 2.48. The summed E-state index contributed by atoms with van der Waals surface area (Å²) in [6, 6.07) is 6.42. The molecule has 1 N–H and O–H groups in total. The van der Waals surface area contributed by atoms with Gasteiger partial charge in [0, 0.05) is 37.9 Å². The van der Waals surface area contributed by atoms with Crippen LogP contribution in [0.5, 0.6) is 0 Å². The first-order chi connectivity index (χ1) is 14.3. The summed E-state index contributed by atoms with van der Waals surface area (Å²) < 4.78 is 44.5. The summed E-state index contributed by atoms with van der Waals surface area (Å²) in [5, 5.41) is 1.98. The number of rotatable bonds is 7. The van der Waals surface area contributed by atoms with Crippen molar-refractivity contribution in [2.45, 2.75) is 19.8 Å². The third-order valence-corrected chi connectivity index (χ3v) is 7.49. The van der Waals surface area contributed by atoms with Crippen molar-refractivity contribution in [1.29, 1.82) is 0 Å². The highest BCUT2D eigenvalue weighted by molar-refractivity contribution is 7.88. The largest absolute Gasteiger partial charge is 0.383 e. The molecule has 0 bridgehead atoms. The number of hydrogen-bond acceptors (Lipinski definition) is 5. The highest BCUT2D eigenvalue weighted by Gasteiger charge is 2.39. The summed E-state index contributed by atoms with van der Waals surface area (Å²) in [7, 11) is -1.71. The summed E-state index contributed by atoms with van der Waals surface area (Å²) in [6.45, 7) is 3.42.